The van der Waals surface area contributed by atoms with Crippen LogP contribution in [0.3, 0.4) is 0 Å². The number of aromatic nitrogens is 3. The molecule has 2 rings (SSSR count). The molecule has 0 fully saturated rings. The molecular formula is C16H23ClN4. The first-order valence-electron chi connectivity index (χ1n) is 7.52. The predicted molar refractivity (Wildman–Crippen MR) is 87.1 cm³/mol. The molecule has 1 heterocycles. The average Bonchev–Trinajstić information content (AvgIpc) is 2.88. The van der Waals surface area contributed by atoms with Crippen molar-refractivity contribution in [2.24, 2.45) is 0 Å². The Labute approximate surface area is 131 Å². The summed E-state index contributed by atoms with van der Waals surface area (Å²) in [5, 5.41) is 8.80. The summed E-state index contributed by atoms with van der Waals surface area (Å²) >= 11 is 6.15. The zero-order chi connectivity index (χ0) is 15.4. The Balaban J connectivity index is 2.44. The van der Waals surface area contributed by atoms with Crippen molar-refractivity contribution in [3.05, 3.63) is 40.4 Å². The van der Waals surface area contributed by atoms with Crippen molar-refractivity contribution in [2.45, 2.75) is 53.1 Å². The highest BCUT2D eigenvalue weighted by molar-refractivity contribution is 6.30. The van der Waals surface area contributed by atoms with Crippen LogP contribution in [0.15, 0.2) is 18.2 Å². The lowest BCUT2D eigenvalue weighted by atomic mass is 10.1. The molecule has 0 spiro atoms. The molecule has 0 amide bonds. The summed E-state index contributed by atoms with van der Waals surface area (Å²) in [5.74, 6) is 1.87. The van der Waals surface area contributed by atoms with Crippen LogP contribution in [-0.4, -0.2) is 20.8 Å². The molecule has 5 heteroatoms. The van der Waals surface area contributed by atoms with Crippen LogP contribution < -0.4 is 5.32 Å². The van der Waals surface area contributed by atoms with E-state index in [1.165, 1.54) is 0 Å². The first-order chi connectivity index (χ1) is 10.0. The van der Waals surface area contributed by atoms with Gasteiger partial charge in [-0.2, -0.15) is 5.10 Å². The van der Waals surface area contributed by atoms with Gasteiger partial charge < -0.3 is 5.32 Å². The number of hydrogen-bond acceptors (Lipinski definition) is 3. The molecule has 0 aliphatic heterocycles. The third kappa shape index (κ3) is 3.83. The Morgan fingerprint density at radius 3 is 2.62 bits per heavy atom. The second-order valence-electron chi connectivity index (χ2n) is 5.37. The molecule has 1 N–H and O–H groups in total. The zero-order valence-electron chi connectivity index (χ0n) is 13.2. The lowest BCUT2D eigenvalue weighted by Crippen LogP contribution is -2.23. The number of nitrogens with one attached hydrogen (secondary N) is 1. The molecular weight excluding hydrogens is 284 g/mol. The van der Waals surface area contributed by atoms with Gasteiger partial charge in [0.05, 0.1) is 5.69 Å². The topological polar surface area (TPSA) is 42.7 Å². The molecule has 0 bridgehead atoms. The Bertz CT molecular complexity index is 604. The van der Waals surface area contributed by atoms with Crippen LogP contribution in [0.1, 0.15) is 44.9 Å². The predicted octanol–water partition coefficient (Wildman–Crippen LogP) is 3.54. The summed E-state index contributed by atoms with van der Waals surface area (Å²) in [5.41, 5.74) is 2.19. The van der Waals surface area contributed by atoms with E-state index in [0.717, 1.165) is 47.3 Å². The van der Waals surface area contributed by atoms with E-state index in [0.29, 0.717) is 6.04 Å². The van der Waals surface area contributed by atoms with Gasteiger partial charge in [0.2, 0.25) is 0 Å². The lowest BCUT2D eigenvalue weighted by molar-refractivity contribution is 0.586. The Morgan fingerprint density at radius 2 is 2.00 bits per heavy atom. The van der Waals surface area contributed by atoms with Crippen molar-refractivity contribution < 1.29 is 0 Å². The van der Waals surface area contributed by atoms with E-state index in [1.807, 2.05) is 22.9 Å². The maximum atomic E-state index is 6.15. The van der Waals surface area contributed by atoms with Crippen molar-refractivity contribution in [3.8, 4) is 5.69 Å². The Hall–Kier alpha value is -1.39. The molecule has 4 nitrogen and oxygen atoms in total. The van der Waals surface area contributed by atoms with E-state index in [4.69, 9.17) is 11.6 Å². The second-order valence-corrected chi connectivity index (χ2v) is 5.81. The van der Waals surface area contributed by atoms with E-state index < -0.39 is 0 Å². The molecule has 1 aromatic carbocycles. The molecule has 114 valence electrons. The van der Waals surface area contributed by atoms with Gasteiger partial charge in [-0.1, -0.05) is 39.3 Å². The van der Waals surface area contributed by atoms with Crippen LogP contribution in [0.5, 0.6) is 0 Å². The fraction of sp³-hybridized carbons (Fsp3) is 0.500. The van der Waals surface area contributed by atoms with Gasteiger partial charge >= 0.3 is 0 Å². The van der Waals surface area contributed by atoms with Crippen molar-refractivity contribution in [3.63, 3.8) is 0 Å². The second kappa shape index (κ2) is 7.05. The minimum atomic E-state index is 0.421. The fourth-order valence-electron chi connectivity index (χ4n) is 2.18. The minimum absolute atomic E-state index is 0.421. The highest BCUT2D eigenvalue weighted by Gasteiger charge is 2.13. The number of nitrogens with zero attached hydrogens (tertiary/aromatic N) is 3. The summed E-state index contributed by atoms with van der Waals surface area (Å²) in [6.07, 6.45) is 1.69. The smallest absolute Gasteiger partial charge is 0.151 e. The number of aryl methyl sites for hydroxylation is 2. The average molecular weight is 307 g/mol. The van der Waals surface area contributed by atoms with Crippen molar-refractivity contribution in [1.82, 2.24) is 20.1 Å². The summed E-state index contributed by atoms with van der Waals surface area (Å²) in [6.45, 7) is 9.20. The Morgan fingerprint density at radius 1 is 1.24 bits per heavy atom. The Kier molecular flexibility index (Phi) is 5.37. The third-order valence-electron chi connectivity index (χ3n) is 3.32. The fourth-order valence-corrected chi connectivity index (χ4v) is 2.37. The van der Waals surface area contributed by atoms with Crippen LogP contribution in [-0.2, 0) is 19.4 Å². The van der Waals surface area contributed by atoms with Crippen molar-refractivity contribution >= 4 is 11.6 Å². The highest BCUT2D eigenvalue weighted by Crippen LogP contribution is 2.21. The summed E-state index contributed by atoms with van der Waals surface area (Å²) in [7, 11) is 0. The van der Waals surface area contributed by atoms with E-state index in [2.05, 4.69) is 43.1 Å². The van der Waals surface area contributed by atoms with E-state index >= 15 is 0 Å². The monoisotopic (exact) mass is 306 g/mol. The molecule has 0 saturated heterocycles. The van der Waals surface area contributed by atoms with Gasteiger partial charge in [-0.25, -0.2) is 9.67 Å². The minimum Gasteiger partial charge on any atom is -0.310 e. The van der Waals surface area contributed by atoms with Crippen LogP contribution in [0.4, 0.5) is 0 Å². The summed E-state index contributed by atoms with van der Waals surface area (Å²) < 4.78 is 1.95. The molecule has 0 atom stereocenters. The van der Waals surface area contributed by atoms with Crippen LogP contribution in [0.2, 0.25) is 5.02 Å². The first-order valence-corrected chi connectivity index (χ1v) is 7.89. The van der Waals surface area contributed by atoms with Gasteiger partial charge in [-0.3, -0.25) is 0 Å². The van der Waals surface area contributed by atoms with Gasteiger partial charge in [0.15, 0.2) is 5.82 Å². The molecule has 0 aliphatic carbocycles. The summed E-state index contributed by atoms with van der Waals surface area (Å²) in [4.78, 5) is 4.58. The molecule has 0 saturated carbocycles. The van der Waals surface area contributed by atoms with Crippen LogP contribution >= 0.6 is 11.6 Å². The molecule has 0 unspecified atom stereocenters. The van der Waals surface area contributed by atoms with E-state index in [1.54, 1.807) is 0 Å². The van der Waals surface area contributed by atoms with Crippen LogP contribution in [0, 0.1) is 0 Å². The maximum Gasteiger partial charge on any atom is 0.151 e. The number of benzene rings is 1. The largest absolute Gasteiger partial charge is 0.310 e. The number of hydrogen-bond donors (Lipinski definition) is 1. The standard InChI is InChI=1S/C16H23ClN4/c1-5-15-19-16(6-2)21(20-15)14-8-7-13(17)9-12(14)10-18-11(3)4/h7-9,11,18H,5-6,10H2,1-4H3. The quantitative estimate of drug-likeness (QED) is 0.887. The van der Waals surface area contributed by atoms with Gasteiger partial charge in [0, 0.05) is 30.5 Å². The maximum absolute atomic E-state index is 6.15. The molecule has 0 aliphatic rings. The van der Waals surface area contributed by atoms with Crippen molar-refractivity contribution in [1.29, 1.82) is 0 Å². The first kappa shape index (κ1) is 16.0. The molecule has 1 aromatic heterocycles. The number of rotatable bonds is 6. The SMILES string of the molecule is CCc1nc(CC)n(-c2ccc(Cl)cc2CNC(C)C)n1. The highest BCUT2D eigenvalue weighted by atomic mass is 35.5. The third-order valence-corrected chi connectivity index (χ3v) is 3.56. The molecule has 2 aromatic rings. The van der Waals surface area contributed by atoms with E-state index in [9.17, 15) is 0 Å². The lowest BCUT2D eigenvalue weighted by Gasteiger charge is -2.14. The zero-order valence-corrected chi connectivity index (χ0v) is 13.9. The van der Waals surface area contributed by atoms with Crippen molar-refractivity contribution in [2.75, 3.05) is 0 Å². The normalized spacial score (nSPS) is 11.3. The van der Waals surface area contributed by atoms with Gasteiger partial charge in [0.25, 0.3) is 0 Å². The number of halogens is 1. The van der Waals surface area contributed by atoms with E-state index in [-0.39, 0.29) is 0 Å². The van der Waals surface area contributed by atoms with Crippen LogP contribution in [0.25, 0.3) is 5.69 Å². The van der Waals surface area contributed by atoms with Gasteiger partial charge in [-0.15, -0.1) is 0 Å². The molecule has 0 radical (unpaired) electrons. The van der Waals surface area contributed by atoms with Gasteiger partial charge in [-0.05, 0) is 23.8 Å². The molecule has 21 heavy (non-hydrogen) atoms. The van der Waals surface area contributed by atoms with Gasteiger partial charge in [0.1, 0.15) is 5.82 Å². The summed E-state index contributed by atoms with van der Waals surface area (Å²) in [6, 6.07) is 6.35.